The third-order valence-corrected chi connectivity index (χ3v) is 3.75. The number of hydrazone groups is 1. The Morgan fingerprint density at radius 3 is 2.18 bits per heavy atom. The topological polar surface area (TPSA) is 41.6 Å². The lowest BCUT2D eigenvalue weighted by Crippen LogP contribution is -2.18. The van der Waals surface area contributed by atoms with Gasteiger partial charge in [0.2, 0.25) is 0 Å². The van der Waals surface area contributed by atoms with Gasteiger partial charge in [-0.05, 0) is 54.9 Å². The van der Waals surface area contributed by atoms with Crippen molar-refractivity contribution >= 4 is 11.4 Å². The maximum atomic E-state index is 13.1. The van der Waals surface area contributed by atoms with Crippen molar-refractivity contribution in [3.05, 3.63) is 65.7 Å². The summed E-state index contributed by atoms with van der Waals surface area (Å²) < 4.78 is 26.3. The average molecular weight is 301 g/mol. The van der Waals surface area contributed by atoms with E-state index in [1.807, 2.05) is 5.01 Å². The van der Waals surface area contributed by atoms with Crippen LogP contribution in [0.25, 0.3) is 0 Å². The number of hydrogen-bond acceptors (Lipinski definition) is 3. The van der Waals surface area contributed by atoms with E-state index < -0.39 is 0 Å². The van der Waals surface area contributed by atoms with E-state index >= 15 is 0 Å². The predicted molar refractivity (Wildman–Crippen MR) is 83.7 cm³/mol. The summed E-state index contributed by atoms with van der Waals surface area (Å²) in [4.78, 5) is 0. The molecule has 1 aliphatic rings. The Balaban J connectivity index is 1.93. The second-order valence-electron chi connectivity index (χ2n) is 5.30. The highest BCUT2D eigenvalue weighted by Crippen LogP contribution is 2.35. The second-order valence-corrected chi connectivity index (χ2v) is 5.30. The minimum atomic E-state index is -0.285. The van der Waals surface area contributed by atoms with Crippen LogP contribution in [0.5, 0.6) is 0 Å². The fourth-order valence-electron chi connectivity index (χ4n) is 2.67. The lowest BCUT2D eigenvalue weighted by atomic mass is 10.0. The molecule has 0 radical (unpaired) electrons. The van der Waals surface area contributed by atoms with E-state index in [1.165, 1.54) is 24.3 Å². The number of rotatable bonds is 4. The van der Waals surface area contributed by atoms with E-state index in [2.05, 4.69) is 5.10 Å². The van der Waals surface area contributed by atoms with Crippen LogP contribution in [0.1, 0.15) is 24.4 Å². The number of hydrogen-bond donors (Lipinski definition) is 1. The van der Waals surface area contributed by atoms with Crippen molar-refractivity contribution in [1.82, 2.24) is 0 Å². The third-order valence-electron chi connectivity index (χ3n) is 3.75. The molecule has 0 aromatic heterocycles. The molecule has 0 aliphatic carbocycles. The molecule has 0 amide bonds. The van der Waals surface area contributed by atoms with Gasteiger partial charge in [0.25, 0.3) is 0 Å². The maximum Gasteiger partial charge on any atom is 0.123 e. The first-order valence-electron chi connectivity index (χ1n) is 7.24. The van der Waals surface area contributed by atoms with Gasteiger partial charge in [-0.2, -0.15) is 5.10 Å². The Labute approximate surface area is 128 Å². The fraction of sp³-hybridized carbons (Fsp3) is 0.235. The van der Waals surface area contributed by atoms with Crippen LogP contribution in [0.2, 0.25) is 0 Å². The molecule has 1 aliphatic heterocycles. The zero-order valence-corrected chi connectivity index (χ0v) is 12.0. The van der Waals surface area contributed by atoms with Crippen LogP contribution in [0.15, 0.2) is 53.6 Å². The molecule has 1 atom stereocenters. The SMILES string of the molecule is NCCC1=NN(c2ccc(F)cc2)C(c2ccc(F)cc2)C1. The standard InChI is InChI=1S/C17H17F2N3/c18-13-3-1-12(2-4-13)17-11-15(9-10-20)21-22(17)16-7-5-14(19)6-8-16/h1-8,17H,9-11,20H2. The Morgan fingerprint density at radius 2 is 1.59 bits per heavy atom. The maximum absolute atomic E-state index is 13.1. The van der Waals surface area contributed by atoms with Crippen LogP contribution in [-0.2, 0) is 0 Å². The van der Waals surface area contributed by atoms with Gasteiger partial charge in [-0.15, -0.1) is 0 Å². The summed E-state index contributed by atoms with van der Waals surface area (Å²) in [5.41, 5.74) is 8.40. The molecule has 2 N–H and O–H groups in total. The van der Waals surface area contributed by atoms with E-state index in [0.29, 0.717) is 6.54 Å². The van der Waals surface area contributed by atoms with Gasteiger partial charge in [0, 0.05) is 12.1 Å². The summed E-state index contributed by atoms with van der Waals surface area (Å²) in [5.74, 6) is -0.550. The molecular formula is C17H17F2N3. The Bertz CT molecular complexity index is 665. The van der Waals surface area contributed by atoms with E-state index in [0.717, 1.165) is 29.8 Å². The first-order valence-corrected chi connectivity index (χ1v) is 7.24. The minimum absolute atomic E-state index is 0.0207. The molecule has 2 aromatic rings. The van der Waals surface area contributed by atoms with Gasteiger partial charge >= 0.3 is 0 Å². The van der Waals surface area contributed by atoms with Crippen molar-refractivity contribution in [2.24, 2.45) is 10.8 Å². The number of benzene rings is 2. The molecule has 22 heavy (non-hydrogen) atoms. The first kappa shape index (κ1) is 14.7. The van der Waals surface area contributed by atoms with Crippen LogP contribution in [0, 0.1) is 11.6 Å². The monoisotopic (exact) mass is 301 g/mol. The molecular weight excluding hydrogens is 284 g/mol. The van der Waals surface area contributed by atoms with Gasteiger partial charge in [-0.3, -0.25) is 5.01 Å². The molecule has 0 saturated heterocycles. The smallest absolute Gasteiger partial charge is 0.123 e. The lowest BCUT2D eigenvalue weighted by molar-refractivity contribution is 0.622. The Morgan fingerprint density at radius 1 is 1.00 bits per heavy atom. The van der Waals surface area contributed by atoms with Gasteiger partial charge in [0.15, 0.2) is 0 Å². The fourth-order valence-corrected chi connectivity index (χ4v) is 2.67. The molecule has 0 spiro atoms. The molecule has 5 heteroatoms. The normalized spacial score (nSPS) is 17.7. The molecule has 1 heterocycles. The molecule has 0 saturated carbocycles. The van der Waals surface area contributed by atoms with E-state index in [1.54, 1.807) is 24.3 Å². The summed E-state index contributed by atoms with van der Waals surface area (Å²) in [5, 5.41) is 6.47. The molecule has 2 aromatic carbocycles. The zero-order valence-electron chi connectivity index (χ0n) is 12.0. The van der Waals surface area contributed by atoms with Crippen molar-refractivity contribution in [2.75, 3.05) is 11.6 Å². The first-order chi connectivity index (χ1) is 10.7. The molecule has 3 rings (SSSR count). The molecule has 3 nitrogen and oxygen atoms in total. The van der Waals surface area contributed by atoms with Gasteiger partial charge in [0.1, 0.15) is 11.6 Å². The van der Waals surface area contributed by atoms with Crippen molar-refractivity contribution in [1.29, 1.82) is 0 Å². The van der Waals surface area contributed by atoms with Crippen LogP contribution in [0.4, 0.5) is 14.5 Å². The average Bonchev–Trinajstić information content (AvgIpc) is 2.93. The second kappa shape index (κ2) is 6.23. The van der Waals surface area contributed by atoms with Crippen molar-refractivity contribution < 1.29 is 8.78 Å². The largest absolute Gasteiger partial charge is 0.330 e. The Kier molecular flexibility index (Phi) is 4.15. The Hall–Kier alpha value is -2.27. The number of anilines is 1. The zero-order chi connectivity index (χ0) is 15.5. The van der Waals surface area contributed by atoms with Gasteiger partial charge in [-0.1, -0.05) is 12.1 Å². The highest BCUT2D eigenvalue weighted by molar-refractivity contribution is 5.89. The molecule has 1 unspecified atom stereocenters. The summed E-state index contributed by atoms with van der Waals surface area (Å²) in [6.45, 7) is 0.534. The summed E-state index contributed by atoms with van der Waals surface area (Å²) in [6, 6.07) is 12.6. The lowest BCUT2D eigenvalue weighted by Gasteiger charge is -2.24. The summed E-state index contributed by atoms with van der Waals surface area (Å²) >= 11 is 0. The quantitative estimate of drug-likeness (QED) is 0.937. The molecule has 114 valence electrons. The van der Waals surface area contributed by atoms with Crippen LogP contribution in [0.3, 0.4) is 0 Å². The highest BCUT2D eigenvalue weighted by atomic mass is 19.1. The van der Waals surface area contributed by atoms with Crippen molar-refractivity contribution in [3.8, 4) is 0 Å². The van der Waals surface area contributed by atoms with E-state index in [4.69, 9.17) is 5.73 Å². The van der Waals surface area contributed by atoms with Crippen molar-refractivity contribution in [2.45, 2.75) is 18.9 Å². The molecule has 0 bridgehead atoms. The number of nitrogens with zero attached hydrogens (tertiary/aromatic N) is 2. The van der Waals surface area contributed by atoms with E-state index in [-0.39, 0.29) is 17.7 Å². The summed E-state index contributed by atoms with van der Waals surface area (Å²) in [7, 11) is 0. The number of halogens is 2. The van der Waals surface area contributed by atoms with Gasteiger partial charge in [0.05, 0.1) is 11.7 Å². The van der Waals surface area contributed by atoms with Crippen LogP contribution in [-0.4, -0.2) is 12.3 Å². The van der Waals surface area contributed by atoms with Gasteiger partial charge < -0.3 is 5.73 Å². The van der Waals surface area contributed by atoms with E-state index in [9.17, 15) is 8.78 Å². The van der Waals surface area contributed by atoms with Crippen LogP contribution < -0.4 is 10.7 Å². The predicted octanol–water partition coefficient (Wildman–Crippen LogP) is 3.62. The van der Waals surface area contributed by atoms with Crippen molar-refractivity contribution in [3.63, 3.8) is 0 Å². The highest BCUT2D eigenvalue weighted by Gasteiger charge is 2.28. The number of nitrogens with two attached hydrogens (primary N) is 1. The van der Waals surface area contributed by atoms with Gasteiger partial charge in [-0.25, -0.2) is 8.78 Å². The molecule has 0 fully saturated rings. The minimum Gasteiger partial charge on any atom is -0.330 e. The van der Waals surface area contributed by atoms with Crippen LogP contribution >= 0.6 is 0 Å². The summed E-state index contributed by atoms with van der Waals surface area (Å²) in [6.07, 6.45) is 1.45. The third kappa shape index (κ3) is 2.99.